The van der Waals surface area contributed by atoms with Gasteiger partial charge in [-0.2, -0.15) is 0 Å². The van der Waals surface area contributed by atoms with Crippen molar-refractivity contribution in [3.8, 4) is 11.5 Å². The van der Waals surface area contributed by atoms with Crippen LogP contribution in [0.5, 0.6) is 11.5 Å². The fraction of sp³-hybridized carbons (Fsp3) is 0.269. The zero-order chi connectivity index (χ0) is 23.6. The number of carbonyl (C=O) groups is 1. The molecule has 6 rings (SSSR count). The first-order chi connectivity index (χ1) is 17.2. The highest BCUT2D eigenvalue weighted by molar-refractivity contribution is 5.92. The molecule has 1 amide bonds. The number of ether oxygens (including phenoxy) is 2. The van der Waals surface area contributed by atoms with Crippen LogP contribution in [0.2, 0.25) is 0 Å². The minimum Gasteiger partial charge on any atom is -0.454 e. The van der Waals surface area contributed by atoms with Crippen molar-refractivity contribution < 1.29 is 14.3 Å². The number of benzene rings is 2. The molecule has 2 aromatic carbocycles. The van der Waals surface area contributed by atoms with Crippen molar-refractivity contribution in [3.63, 3.8) is 0 Å². The summed E-state index contributed by atoms with van der Waals surface area (Å²) in [6.45, 7) is 5.00. The molecular formula is C26H26N6O3. The molecule has 9 heteroatoms. The average molecular weight is 471 g/mol. The number of H-pyrrole nitrogens is 1. The summed E-state index contributed by atoms with van der Waals surface area (Å²) in [6, 6.07) is 19.5. The van der Waals surface area contributed by atoms with E-state index in [1.54, 1.807) is 6.07 Å². The van der Waals surface area contributed by atoms with Crippen LogP contribution < -0.4 is 19.7 Å². The van der Waals surface area contributed by atoms with Gasteiger partial charge in [0.15, 0.2) is 11.5 Å². The third-order valence-electron chi connectivity index (χ3n) is 6.36. The Morgan fingerprint density at radius 1 is 0.943 bits per heavy atom. The Morgan fingerprint density at radius 2 is 1.80 bits per heavy atom. The van der Waals surface area contributed by atoms with E-state index in [-0.39, 0.29) is 5.91 Å². The van der Waals surface area contributed by atoms with E-state index in [0.29, 0.717) is 24.9 Å². The van der Waals surface area contributed by atoms with E-state index < -0.39 is 0 Å². The number of anilines is 1. The highest BCUT2D eigenvalue weighted by Gasteiger charge is 2.20. The third-order valence-corrected chi connectivity index (χ3v) is 6.36. The quantitative estimate of drug-likeness (QED) is 0.447. The van der Waals surface area contributed by atoms with Gasteiger partial charge in [0.1, 0.15) is 17.3 Å². The number of aromatic amines is 1. The van der Waals surface area contributed by atoms with Crippen molar-refractivity contribution in [2.75, 3.05) is 37.9 Å². The van der Waals surface area contributed by atoms with E-state index in [0.717, 1.165) is 61.1 Å². The maximum Gasteiger partial charge on any atom is 0.270 e. The van der Waals surface area contributed by atoms with Crippen molar-refractivity contribution in [2.45, 2.75) is 13.1 Å². The van der Waals surface area contributed by atoms with Crippen LogP contribution >= 0.6 is 0 Å². The molecule has 1 saturated heterocycles. The first-order valence-corrected chi connectivity index (χ1v) is 11.8. The number of aromatic nitrogens is 3. The van der Waals surface area contributed by atoms with Crippen LogP contribution in [0.25, 0.3) is 11.0 Å². The normalized spacial score (nSPS) is 15.5. The molecule has 0 bridgehead atoms. The van der Waals surface area contributed by atoms with Gasteiger partial charge in [-0.25, -0.2) is 9.97 Å². The molecule has 2 aliphatic heterocycles. The Kier molecular flexibility index (Phi) is 5.67. The maximum atomic E-state index is 12.7. The molecule has 35 heavy (non-hydrogen) atoms. The van der Waals surface area contributed by atoms with Crippen LogP contribution in [0.3, 0.4) is 0 Å². The largest absolute Gasteiger partial charge is 0.454 e. The molecule has 0 radical (unpaired) electrons. The van der Waals surface area contributed by atoms with Crippen LogP contribution in [0, 0.1) is 0 Å². The first-order valence-electron chi connectivity index (χ1n) is 11.8. The van der Waals surface area contributed by atoms with Gasteiger partial charge >= 0.3 is 0 Å². The number of piperazine rings is 1. The minimum absolute atomic E-state index is 0.214. The number of rotatable bonds is 6. The SMILES string of the molecule is O=C(NCc1nc2ccccc2[nH]1)c1cccc(N2CCN(Cc3ccc4c(c3)OCO4)CC2)n1. The highest BCUT2D eigenvalue weighted by Crippen LogP contribution is 2.33. The molecule has 0 unspecified atom stereocenters. The van der Waals surface area contributed by atoms with Crippen molar-refractivity contribution in [3.05, 3.63) is 77.7 Å². The van der Waals surface area contributed by atoms with E-state index in [1.165, 1.54) is 5.56 Å². The van der Waals surface area contributed by atoms with Crippen LogP contribution in [0.4, 0.5) is 5.82 Å². The molecule has 0 saturated carbocycles. The van der Waals surface area contributed by atoms with E-state index >= 15 is 0 Å². The Balaban J connectivity index is 1.04. The molecule has 2 aliphatic rings. The van der Waals surface area contributed by atoms with Gasteiger partial charge in [-0.15, -0.1) is 0 Å². The van der Waals surface area contributed by atoms with E-state index in [2.05, 4.69) is 42.2 Å². The van der Waals surface area contributed by atoms with Crippen molar-refractivity contribution >= 4 is 22.8 Å². The maximum absolute atomic E-state index is 12.7. The van der Waals surface area contributed by atoms with Gasteiger partial charge in [0.2, 0.25) is 6.79 Å². The lowest BCUT2D eigenvalue weighted by molar-refractivity contribution is 0.0945. The van der Waals surface area contributed by atoms with Crippen molar-refractivity contribution in [1.82, 2.24) is 25.2 Å². The molecule has 1 fully saturated rings. The number of hydrogen-bond donors (Lipinski definition) is 2. The summed E-state index contributed by atoms with van der Waals surface area (Å²) in [7, 11) is 0. The number of para-hydroxylation sites is 2. The molecule has 0 spiro atoms. The fourth-order valence-electron chi connectivity index (χ4n) is 4.50. The monoisotopic (exact) mass is 470 g/mol. The summed E-state index contributed by atoms with van der Waals surface area (Å²) in [6.07, 6.45) is 0. The molecule has 4 aromatic rings. The van der Waals surface area contributed by atoms with Crippen LogP contribution in [-0.2, 0) is 13.1 Å². The number of nitrogens with one attached hydrogen (secondary N) is 2. The van der Waals surface area contributed by atoms with Crippen molar-refractivity contribution in [2.24, 2.45) is 0 Å². The lowest BCUT2D eigenvalue weighted by Gasteiger charge is -2.35. The van der Waals surface area contributed by atoms with Gasteiger partial charge in [-0.05, 0) is 42.0 Å². The average Bonchev–Trinajstić information content (AvgIpc) is 3.54. The number of pyridine rings is 1. The zero-order valence-corrected chi connectivity index (χ0v) is 19.2. The number of nitrogens with zero attached hydrogens (tertiary/aromatic N) is 4. The van der Waals surface area contributed by atoms with Gasteiger partial charge in [0, 0.05) is 32.7 Å². The molecular weight excluding hydrogens is 444 g/mol. The van der Waals surface area contributed by atoms with Gasteiger partial charge in [-0.1, -0.05) is 24.3 Å². The predicted molar refractivity (Wildman–Crippen MR) is 132 cm³/mol. The van der Waals surface area contributed by atoms with E-state index in [9.17, 15) is 4.79 Å². The van der Waals surface area contributed by atoms with Gasteiger partial charge in [0.25, 0.3) is 5.91 Å². The second kappa shape index (κ2) is 9.27. The molecule has 9 nitrogen and oxygen atoms in total. The Morgan fingerprint density at radius 3 is 2.69 bits per heavy atom. The molecule has 2 N–H and O–H groups in total. The van der Waals surface area contributed by atoms with E-state index in [1.807, 2.05) is 42.5 Å². The summed E-state index contributed by atoms with van der Waals surface area (Å²) in [4.78, 5) is 29.8. The lowest BCUT2D eigenvalue weighted by Crippen LogP contribution is -2.46. The van der Waals surface area contributed by atoms with Crippen LogP contribution in [0.15, 0.2) is 60.7 Å². The smallest absolute Gasteiger partial charge is 0.270 e. The lowest BCUT2D eigenvalue weighted by atomic mass is 10.1. The summed E-state index contributed by atoms with van der Waals surface area (Å²) >= 11 is 0. The zero-order valence-electron chi connectivity index (χ0n) is 19.2. The minimum atomic E-state index is -0.214. The number of imidazole rings is 1. The number of amides is 1. The molecule has 0 atom stereocenters. The Bertz CT molecular complexity index is 1330. The summed E-state index contributed by atoms with van der Waals surface area (Å²) in [5.74, 6) is 2.96. The first kappa shape index (κ1) is 21.4. The number of fused-ring (bicyclic) bond motifs is 2. The Labute approximate surface area is 202 Å². The second-order valence-electron chi connectivity index (χ2n) is 8.72. The standard InChI is InChI=1S/C26H26N6O3/c33-26(27-15-24-28-19-4-1-2-5-20(19)29-24)21-6-3-7-25(30-21)32-12-10-31(11-13-32)16-18-8-9-22-23(14-18)35-17-34-22/h1-9,14H,10-13,15-17H2,(H,27,33)(H,28,29). The second-order valence-corrected chi connectivity index (χ2v) is 8.72. The number of carbonyl (C=O) groups excluding carboxylic acids is 1. The molecule has 178 valence electrons. The summed E-state index contributed by atoms with van der Waals surface area (Å²) in [5, 5.41) is 2.92. The predicted octanol–water partition coefficient (Wildman–Crippen LogP) is 2.94. The highest BCUT2D eigenvalue weighted by atomic mass is 16.7. The topological polar surface area (TPSA) is 95.6 Å². The molecule has 0 aliphatic carbocycles. The van der Waals surface area contributed by atoms with Crippen molar-refractivity contribution in [1.29, 1.82) is 0 Å². The van der Waals surface area contributed by atoms with Gasteiger partial charge < -0.3 is 24.7 Å². The molecule has 4 heterocycles. The molecule has 2 aromatic heterocycles. The summed E-state index contributed by atoms with van der Waals surface area (Å²) < 4.78 is 10.9. The third kappa shape index (κ3) is 4.63. The van der Waals surface area contributed by atoms with Crippen LogP contribution in [0.1, 0.15) is 21.9 Å². The van der Waals surface area contributed by atoms with Gasteiger partial charge in [-0.3, -0.25) is 9.69 Å². The van der Waals surface area contributed by atoms with E-state index in [4.69, 9.17) is 9.47 Å². The van der Waals surface area contributed by atoms with Crippen LogP contribution in [-0.4, -0.2) is 58.7 Å². The Hall–Kier alpha value is -4.11. The fourth-order valence-corrected chi connectivity index (χ4v) is 4.50. The summed E-state index contributed by atoms with van der Waals surface area (Å²) in [5.41, 5.74) is 3.45. The van der Waals surface area contributed by atoms with Gasteiger partial charge in [0.05, 0.1) is 17.6 Å². The number of hydrogen-bond acceptors (Lipinski definition) is 7.